The standard InChI is InChI=1S/C15H22O/c1-5-7-12(4)15(16)14-9-6-8-13(10-14)11(2)3/h6,8-12H,5,7H2,1-4H3. The number of hydrogen-bond acceptors (Lipinski definition) is 1. The number of benzene rings is 1. The van der Waals surface area contributed by atoms with Crippen molar-refractivity contribution in [2.45, 2.75) is 46.5 Å². The van der Waals surface area contributed by atoms with Crippen LogP contribution >= 0.6 is 0 Å². The fourth-order valence-electron chi connectivity index (χ4n) is 1.90. The van der Waals surface area contributed by atoms with Gasteiger partial charge in [-0.15, -0.1) is 0 Å². The minimum atomic E-state index is 0.146. The molecule has 0 fully saturated rings. The van der Waals surface area contributed by atoms with Crippen LogP contribution in [0.5, 0.6) is 0 Å². The zero-order chi connectivity index (χ0) is 12.1. The van der Waals surface area contributed by atoms with Gasteiger partial charge >= 0.3 is 0 Å². The van der Waals surface area contributed by atoms with Gasteiger partial charge in [0.1, 0.15) is 0 Å². The minimum absolute atomic E-state index is 0.146. The monoisotopic (exact) mass is 218 g/mol. The summed E-state index contributed by atoms with van der Waals surface area (Å²) < 4.78 is 0. The van der Waals surface area contributed by atoms with Gasteiger partial charge in [-0.2, -0.15) is 0 Å². The van der Waals surface area contributed by atoms with Crippen molar-refractivity contribution < 1.29 is 4.79 Å². The van der Waals surface area contributed by atoms with E-state index in [2.05, 4.69) is 26.8 Å². The average molecular weight is 218 g/mol. The number of hydrogen-bond donors (Lipinski definition) is 0. The lowest BCUT2D eigenvalue weighted by Crippen LogP contribution is -2.11. The van der Waals surface area contributed by atoms with Crippen molar-refractivity contribution in [3.05, 3.63) is 35.4 Å². The normalized spacial score (nSPS) is 12.8. The van der Waals surface area contributed by atoms with E-state index in [9.17, 15) is 4.79 Å². The first-order chi connectivity index (χ1) is 7.56. The van der Waals surface area contributed by atoms with Crippen LogP contribution in [0.3, 0.4) is 0 Å². The second kappa shape index (κ2) is 5.83. The van der Waals surface area contributed by atoms with Gasteiger partial charge in [-0.25, -0.2) is 0 Å². The highest BCUT2D eigenvalue weighted by Gasteiger charge is 2.14. The van der Waals surface area contributed by atoms with Crippen molar-refractivity contribution >= 4 is 5.78 Å². The van der Waals surface area contributed by atoms with Crippen molar-refractivity contribution in [2.24, 2.45) is 5.92 Å². The van der Waals surface area contributed by atoms with Crippen LogP contribution < -0.4 is 0 Å². The summed E-state index contributed by atoms with van der Waals surface area (Å²) in [5.74, 6) is 0.908. The maximum atomic E-state index is 12.1. The summed E-state index contributed by atoms with van der Waals surface area (Å²) >= 11 is 0. The summed E-state index contributed by atoms with van der Waals surface area (Å²) in [5.41, 5.74) is 2.11. The maximum absolute atomic E-state index is 12.1. The van der Waals surface area contributed by atoms with Gasteiger partial charge in [-0.1, -0.05) is 52.3 Å². The zero-order valence-corrected chi connectivity index (χ0v) is 10.8. The molecule has 0 saturated carbocycles. The van der Waals surface area contributed by atoms with Crippen LogP contribution in [0, 0.1) is 5.92 Å². The van der Waals surface area contributed by atoms with Crippen LogP contribution in [0.25, 0.3) is 0 Å². The third kappa shape index (κ3) is 3.19. The molecule has 0 N–H and O–H groups in total. The Morgan fingerprint density at radius 1 is 1.25 bits per heavy atom. The molecule has 0 aliphatic carbocycles. The lowest BCUT2D eigenvalue weighted by molar-refractivity contribution is 0.0923. The Kier molecular flexibility index (Phi) is 4.72. The highest BCUT2D eigenvalue weighted by molar-refractivity contribution is 5.97. The van der Waals surface area contributed by atoms with Gasteiger partial charge in [0.05, 0.1) is 0 Å². The third-order valence-electron chi connectivity index (χ3n) is 3.01. The fraction of sp³-hybridized carbons (Fsp3) is 0.533. The first-order valence-corrected chi connectivity index (χ1v) is 6.20. The summed E-state index contributed by atoms with van der Waals surface area (Å²) in [7, 11) is 0. The van der Waals surface area contributed by atoms with E-state index < -0.39 is 0 Å². The van der Waals surface area contributed by atoms with Crippen LogP contribution in [0.15, 0.2) is 24.3 Å². The van der Waals surface area contributed by atoms with E-state index >= 15 is 0 Å². The van der Waals surface area contributed by atoms with E-state index in [1.807, 2.05) is 25.1 Å². The quantitative estimate of drug-likeness (QED) is 0.668. The van der Waals surface area contributed by atoms with Gasteiger partial charge in [0, 0.05) is 11.5 Å². The highest BCUT2D eigenvalue weighted by atomic mass is 16.1. The molecular weight excluding hydrogens is 196 g/mol. The Bertz CT molecular complexity index is 352. The molecule has 1 rings (SSSR count). The molecule has 1 aromatic carbocycles. The number of rotatable bonds is 5. The van der Waals surface area contributed by atoms with Crippen molar-refractivity contribution in [1.29, 1.82) is 0 Å². The van der Waals surface area contributed by atoms with Crippen LogP contribution in [0.4, 0.5) is 0 Å². The van der Waals surface area contributed by atoms with E-state index in [1.165, 1.54) is 5.56 Å². The van der Waals surface area contributed by atoms with Gasteiger partial charge in [-0.3, -0.25) is 4.79 Å². The van der Waals surface area contributed by atoms with E-state index in [0.717, 1.165) is 18.4 Å². The number of carbonyl (C=O) groups is 1. The highest BCUT2D eigenvalue weighted by Crippen LogP contribution is 2.19. The lowest BCUT2D eigenvalue weighted by atomic mass is 9.92. The van der Waals surface area contributed by atoms with E-state index in [1.54, 1.807) is 0 Å². The predicted octanol–water partition coefficient (Wildman–Crippen LogP) is 4.43. The molecule has 1 nitrogen and oxygen atoms in total. The number of Topliss-reactive ketones (excluding diaryl/α,β-unsaturated/α-hetero) is 1. The molecular formula is C15H22O. The van der Waals surface area contributed by atoms with Crippen LogP contribution in [-0.4, -0.2) is 5.78 Å². The summed E-state index contributed by atoms with van der Waals surface area (Å²) in [6.07, 6.45) is 2.04. The van der Waals surface area contributed by atoms with Gasteiger partial charge in [-0.05, 0) is 24.0 Å². The molecule has 0 spiro atoms. The summed E-state index contributed by atoms with van der Waals surface area (Å²) in [5, 5.41) is 0. The molecule has 0 radical (unpaired) electrons. The fourth-order valence-corrected chi connectivity index (χ4v) is 1.90. The lowest BCUT2D eigenvalue weighted by Gasteiger charge is -2.11. The second-order valence-electron chi connectivity index (χ2n) is 4.83. The molecule has 1 unspecified atom stereocenters. The third-order valence-corrected chi connectivity index (χ3v) is 3.01. The first kappa shape index (κ1) is 13.0. The second-order valence-corrected chi connectivity index (χ2v) is 4.83. The molecule has 0 bridgehead atoms. The van der Waals surface area contributed by atoms with E-state index in [-0.39, 0.29) is 11.7 Å². The Labute approximate surface area is 98.9 Å². The molecule has 1 atom stereocenters. The minimum Gasteiger partial charge on any atom is -0.294 e. The van der Waals surface area contributed by atoms with Crippen molar-refractivity contribution in [3.63, 3.8) is 0 Å². The molecule has 0 amide bonds. The van der Waals surface area contributed by atoms with Crippen LogP contribution in [0.1, 0.15) is 62.4 Å². The Morgan fingerprint density at radius 3 is 2.50 bits per heavy atom. The average Bonchev–Trinajstić information content (AvgIpc) is 2.28. The SMILES string of the molecule is CCCC(C)C(=O)c1cccc(C(C)C)c1. The van der Waals surface area contributed by atoms with Gasteiger partial charge < -0.3 is 0 Å². The summed E-state index contributed by atoms with van der Waals surface area (Å²) in [6.45, 7) is 8.44. The van der Waals surface area contributed by atoms with Crippen molar-refractivity contribution in [3.8, 4) is 0 Å². The zero-order valence-electron chi connectivity index (χ0n) is 10.8. The molecule has 1 aromatic rings. The first-order valence-electron chi connectivity index (χ1n) is 6.20. The van der Waals surface area contributed by atoms with Crippen molar-refractivity contribution in [2.75, 3.05) is 0 Å². The molecule has 1 heteroatoms. The number of carbonyl (C=O) groups excluding carboxylic acids is 1. The van der Waals surface area contributed by atoms with Crippen LogP contribution in [-0.2, 0) is 0 Å². The summed E-state index contributed by atoms with van der Waals surface area (Å²) in [4.78, 5) is 12.1. The predicted molar refractivity (Wildman–Crippen MR) is 68.9 cm³/mol. The number of ketones is 1. The van der Waals surface area contributed by atoms with E-state index in [4.69, 9.17) is 0 Å². The Hall–Kier alpha value is -1.11. The largest absolute Gasteiger partial charge is 0.294 e. The smallest absolute Gasteiger partial charge is 0.165 e. The van der Waals surface area contributed by atoms with Crippen molar-refractivity contribution in [1.82, 2.24) is 0 Å². The van der Waals surface area contributed by atoms with Gasteiger partial charge in [0.15, 0.2) is 5.78 Å². The molecule has 16 heavy (non-hydrogen) atoms. The molecule has 0 aliphatic heterocycles. The topological polar surface area (TPSA) is 17.1 Å². The molecule has 0 saturated heterocycles. The Balaban J connectivity index is 2.87. The molecule has 0 heterocycles. The van der Waals surface area contributed by atoms with E-state index in [0.29, 0.717) is 5.92 Å². The molecule has 0 aliphatic rings. The van der Waals surface area contributed by atoms with Crippen LogP contribution in [0.2, 0.25) is 0 Å². The maximum Gasteiger partial charge on any atom is 0.165 e. The molecule has 0 aromatic heterocycles. The van der Waals surface area contributed by atoms with Gasteiger partial charge in [0.25, 0.3) is 0 Å². The molecule has 88 valence electrons. The Morgan fingerprint density at radius 2 is 1.94 bits per heavy atom. The van der Waals surface area contributed by atoms with Gasteiger partial charge in [0.2, 0.25) is 0 Å². The summed E-state index contributed by atoms with van der Waals surface area (Å²) in [6, 6.07) is 8.05.